The lowest BCUT2D eigenvalue weighted by Crippen LogP contribution is -2.40. The van der Waals surface area contributed by atoms with Gasteiger partial charge in [-0.1, -0.05) is 53.5 Å². The van der Waals surface area contributed by atoms with Crippen LogP contribution >= 0.6 is 0 Å². The van der Waals surface area contributed by atoms with Crippen LogP contribution < -0.4 is 19.8 Å². The van der Waals surface area contributed by atoms with Crippen LogP contribution in [0.15, 0.2) is 79.1 Å². The highest BCUT2D eigenvalue weighted by Gasteiger charge is 2.36. The maximum atomic E-state index is 9.98. The van der Waals surface area contributed by atoms with Crippen LogP contribution in [0.1, 0.15) is 28.2 Å². The monoisotopic (exact) mass is 412 g/mol. The largest absolute Gasteiger partial charge is 0.508 e. The number of methoxy groups -OCH3 is 1. The van der Waals surface area contributed by atoms with Crippen molar-refractivity contribution in [3.63, 3.8) is 0 Å². The van der Waals surface area contributed by atoms with Crippen LogP contribution in [0.2, 0.25) is 0 Å². The summed E-state index contributed by atoms with van der Waals surface area (Å²) >= 11 is 0. The summed E-state index contributed by atoms with van der Waals surface area (Å²) in [5.74, 6) is 2.33. The summed E-state index contributed by atoms with van der Waals surface area (Å²) in [6.45, 7) is 0.602. The number of phenolic OH excluding ortho intramolecular Hbond substituents is 1. The van der Waals surface area contributed by atoms with Gasteiger partial charge in [0.2, 0.25) is 12.1 Å². The third kappa shape index (κ3) is 3.42. The molecule has 1 aliphatic rings. The molecule has 0 spiro atoms. The van der Waals surface area contributed by atoms with Gasteiger partial charge in [-0.15, -0.1) is 0 Å². The van der Waals surface area contributed by atoms with E-state index in [0.29, 0.717) is 24.0 Å². The minimum atomic E-state index is -0.194. The Morgan fingerprint density at radius 2 is 1.84 bits per heavy atom. The van der Waals surface area contributed by atoms with Crippen molar-refractivity contribution in [2.45, 2.75) is 12.5 Å². The van der Waals surface area contributed by atoms with E-state index >= 15 is 0 Å². The highest BCUT2D eigenvalue weighted by atomic mass is 16.5. The fraction of sp³-hybridized carbons (Fsp3) is 0.120. The van der Waals surface area contributed by atoms with E-state index in [0.717, 1.165) is 28.0 Å². The molecule has 0 bridgehead atoms. The molecular formula is C25H22N3O3+. The number of nitrogen functional groups attached to an aromatic ring is 1. The number of anilines is 1. The van der Waals surface area contributed by atoms with Gasteiger partial charge in [0.15, 0.2) is 0 Å². The van der Waals surface area contributed by atoms with E-state index in [1.54, 1.807) is 25.6 Å². The smallest absolute Gasteiger partial charge is 0.306 e. The van der Waals surface area contributed by atoms with Gasteiger partial charge < -0.3 is 20.3 Å². The van der Waals surface area contributed by atoms with Gasteiger partial charge in [0.25, 0.3) is 0 Å². The van der Waals surface area contributed by atoms with Crippen molar-refractivity contribution in [2.24, 2.45) is 0 Å². The third-order valence-corrected chi connectivity index (χ3v) is 5.58. The number of fused-ring (bicyclic) bond motifs is 2. The lowest BCUT2D eigenvalue weighted by molar-refractivity contribution is -0.677. The van der Waals surface area contributed by atoms with E-state index in [4.69, 9.17) is 15.2 Å². The predicted molar refractivity (Wildman–Crippen MR) is 117 cm³/mol. The summed E-state index contributed by atoms with van der Waals surface area (Å²) in [4.78, 5) is 4.57. The van der Waals surface area contributed by atoms with Crippen LogP contribution in [0, 0.1) is 0 Å². The minimum absolute atomic E-state index is 0.138. The van der Waals surface area contributed by atoms with Gasteiger partial charge in [-0.25, -0.2) is 4.57 Å². The van der Waals surface area contributed by atoms with Crippen LogP contribution in [-0.4, -0.2) is 17.2 Å². The number of aromatic nitrogens is 2. The molecule has 0 unspecified atom stereocenters. The van der Waals surface area contributed by atoms with E-state index in [9.17, 15) is 5.11 Å². The zero-order valence-corrected chi connectivity index (χ0v) is 17.0. The van der Waals surface area contributed by atoms with Gasteiger partial charge in [-0.05, 0) is 29.3 Å². The molecule has 0 fully saturated rings. The maximum Gasteiger partial charge on any atom is 0.306 e. The molecule has 0 aliphatic carbocycles. The zero-order valence-electron chi connectivity index (χ0n) is 17.0. The second-order valence-electron chi connectivity index (χ2n) is 7.49. The van der Waals surface area contributed by atoms with Crippen molar-refractivity contribution in [1.29, 1.82) is 0 Å². The normalized spacial score (nSPS) is 14.3. The predicted octanol–water partition coefficient (Wildman–Crippen LogP) is 4.00. The van der Waals surface area contributed by atoms with Gasteiger partial charge >= 0.3 is 5.88 Å². The minimum Gasteiger partial charge on any atom is -0.508 e. The summed E-state index contributed by atoms with van der Waals surface area (Å²) in [5, 5.41) is 9.98. The fourth-order valence-corrected chi connectivity index (χ4v) is 4.03. The molecule has 4 aromatic rings. The Labute approximate surface area is 180 Å². The molecule has 5 rings (SSSR count). The average Bonchev–Trinajstić information content (AvgIpc) is 2.80. The molecule has 0 radical (unpaired) electrons. The molecule has 1 aromatic heterocycles. The van der Waals surface area contributed by atoms with Gasteiger partial charge in [0.1, 0.15) is 22.8 Å². The standard InChI is InChI=1S/C25H21N3O3/c1-30-19-10-7-17(8-11-19)22-20-12-9-18(29)13-21(20)31-25-23(22)24(26)28(15-27-25)14-16-5-3-2-4-6-16/h2-13,15,22,26,29H,14H2,1H3/p+1/t22-/m0/s1. The molecule has 0 saturated heterocycles. The van der Waals surface area contributed by atoms with Gasteiger partial charge in [-0.3, -0.25) is 0 Å². The first-order valence-corrected chi connectivity index (χ1v) is 10.0. The van der Waals surface area contributed by atoms with E-state index in [-0.39, 0.29) is 11.7 Å². The number of phenols is 1. The number of ether oxygens (including phenoxy) is 2. The van der Waals surface area contributed by atoms with E-state index in [1.165, 1.54) is 0 Å². The number of nitrogens with zero attached hydrogens (tertiary/aromatic N) is 2. The SMILES string of the molecule is COc1ccc([C@H]2c3ccc(O)cc3Oc3nc[n+](Cc4ccccc4)c(N)c32)cc1. The van der Waals surface area contributed by atoms with Crippen LogP contribution in [0.25, 0.3) is 0 Å². The molecule has 2 heterocycles. The summed E-state index contributed by atoms with van der Waals surface area (Å²) in [6, 6.07) is 23.1. The Morgan fingerprint density at radius 3 is 2.58 bits per heavy atom. The van der Waals surface area contributed by atoms with Crippen molar-refractivity contribution < 1.29 is 19.1 Å². The molecule has 6 nitrogen and oxygen atoms in total. The van der Waals surface area contributed by atoms with Crippen molar-refractivity contribution >= 4 is 5.82 Å². The van der Waals surface area contributed by atoms with E-state index in [2.05, 4.69) is 17.1 Å². The fourth-order valence-electron chi connectivity index (χ4n) is 4.03. The Hall–Kier alpha value is -4.06. The summed E-state index contributed by atoms with van der Waals surface area (Å²) in [7, 11) is 1.64. The number of aromatic hydroxyl groups is 1. The van der Waals surface area contributed by atoms with Crippen LogP contribution in [0.5, 0.6) is 23.1 Å². The third-order valence-electron chi connectivity index (χ3n) is 5.58. The maximum absolute atomic E-state index is 9.98. The van der Waals surface area contributed by atoms with E-state index < -0.39 is 0 Å². The quantitative estimate of drug-likeness (QED) is 0.436. The molecule has 0 amide bonds. The summed E-state index contributed by atoms with van der Waals surface area (Å²) in [6.07, 6.45) is 1.69. The van der Waals surface area contributed by atoms with Crippen molar-refractivity contribution in [1.82, 2.24) is 4.98 Å². The Balaban J connectivity index is 1.67. The highest BCUT2D eigenvalue weighted by molar-refractivity contribution is 5.62. The molecule has 6 heteroatoms. The van der Waals surface area contributed by atoms with Gasteiger partial charge in [0, 0.05) is 11.6 Å². The lowest BCUT2D eigenvalue weighted by atomic mass is 9.83. The number of benzene rings is 3. The van der Waals surface area contributed by atoms with Gasteiger partial charge in [-0.2, -0.15) is 0 Å². The molecule has 3 N–H and O–H groups in total. The first-order valence-electron chi connectivity index (χ1n) is 10.0. The molecular weight excluding hydrogens is 390 g/mol. The first kappa shape index (κ1) is 18.9. The Bertz CT molecular complexity index is 1240. The van der Waals surface area contributed by atoms with E-state index in [1.807, 2.05) is 53.1 Å². The van der Waals surface area contributed by atoms with Crippen molar-refractivity contribution in [3.05, 3.63) is 101 Å². The lowest BCUT2D eigenvalue weighted by Gasteiger charge is -2.27. The first-order chi connectivity index (χ1) is 15.1. The topological polar surface area (TPSA) is 81.5 Å². The highest BCUT2D eigenvalue weighted by Crippen LogP contribution is 2.48. The average molecular weight is 412 g/mol. The second-order valence-corrected chi connectivity index (χ2v) is 7.49. The molecule has 154 valence electrons. The molecule has 0 saturated carbocycles. The number of nitrogens with two attached hydrogens (primary N) is 1. The molecule has 1 atom stereocenters. The number of rotatable bonds is 4. The Morgan fingerprint density at radius 1 is 1.06 bits per heavy atom. The molecule has 3 aromatic carbocycles. The molecule has 31 heavy (non-hydrogen) atoms. The number of hydrogen-bond acceptors (Lipinski definition) is 5. The second kappa shape index (κ2) is 7.65. The van der Waals surface area contributed by atoms with Crippen LogP contribution in [0.4, 0.5) is 5.82 Å². The Kier molecular flexibility index (Phi) is 4.67. The van der Waals surface area contributed by atoms with Crippen LogP contribution in [-0.2, 0) is 6.54 Å². The van der Waals surface area contributed by atoms with Crippen molar-refractivity contribution in [3.8, 4) is 23.1 Å². The summed E-state index contributed by atoms with van der Waals surface area (Å²) < 4.78 is 13.3. The zero-order chi connectivity index (χ0) is 21.4. The van der Waals surface area contributed by atoms with Crippen LogP contribution in [0.3, 0.4) is 0 Å². The van der Waals surface area contributed by atoms with Crippen molar-refractivity contribution in [2.75, 3.05) is 12.8 Å². The number of hydrogen-bond donors (Lipinski definition) is 2. The van der Waals surface area contributed by atoms with Gasteiger partial charge in [0.05, 0.1) is 19.6 Å². The summed E-state index contributed by atoms with van der Waals surface area (Å²) in [5.41, 5.74) is 10.6. The molecule has 1 aliphatic heterocycles.